The minimum absolute atomic E-state index is 0.0483. The second-order valence-corrected chi connectivity index (χ2v) is 7.12. The van der Waals surface area contributed by atoms with Crippen LogP contribution in [0.3, 0.4) is 0 Å². The van der Waals surface area contributed by atoms with Gasteiger partial charge >= 0.3 is 0 Å². The van der Waals surface area contributed by atoms with Crippen LogP contribution < -0.4 is 4.90 Å². The minimum Gasteiger partial charge on any atom is -0.356 e. The summed E-state index contributed by atoms with van der Waals surface area (Å²) in [4.78, 5) is 22.6. The lowest BCUT2D eigenvalue weighted by Gasteiger charge is -2.37. The highest BCUT2D eigenvalue weighted by Crippen LogP contribution is 2.41. The van der Waals surface area contributed by atoms with Crippen molar-refractivity contribution < 1.29 is 0 Å². The van der Waals surface area contributed by atoms with Crippen LogP contribution >= 0.6 is 0 Å². The van der Waals surface area contributed by atoms with E-state index < -0.39 is 0 Å². The molecule has 0 saturated carbocycles. The van der Waals surface area contributed by atoms with E-state index in [4.69, 9.17) is 0 Å². The lowest BCUT2D eigenvalue weighted by Crippen LogP contribution is -2.37. The molecule has 1 atom stereocenters. The van der Waals surface area contributed by atoms with Crippen LogP contribution in [0, 0.1) is 0 Å². The molecule has 2 aromatic carbocycles. The van der Waals surface area contributed by atoms with Gasteiger partial charge in [-0.2, -0.15) is 0 Å². The number of nitrogens with one attached hydrogen (secondary N) is 2. The van der Waals surface area contributed by atoms with Gasteiger partial charge in [0.15, 0.2) is 11.5 Å². The van der Waals surface area contributed by atoms with Crippen LogP contribution in [0.4, 0.5) is 5.82 Å². The number of H-pyrrole nitrogens is 2. The van der Waals surface area contributed by atoms with Crippen molar-refractivity contribution in [2.75, 3.05) is 11.4 Å². The zero-order valence-electron chi connectivity index (χ0n) is 15.1. The summed E-state index contributed by atoms with van der Waals surface area (Å²) in [6.45, 7) is 0.868. The van der Waals surface area contributed by atoms with E-state index in [2.05, 4.69) is 84.4 Å². The summed E-state index contributed by atoms with van der Waals surface area (Å²) in [5.74, 6) is 0.865. The molecule has 2 N–H and O–H groups in total. The molecule has 1 unspecified atom stereocenters. The predicted molar refractivity (Wildman–Crippen MR) is 109 cm³/mol. The second-order valence-electron chi connectivity index (χ2n) is 7.12. The Kier molecular flexibility index (Phi) is 3.25. The summed E-state index contributed by atoms with van der Waals surface area (Å²) < 4.78 is 0. The molecule has 0 saturated heterocycles. The van der Waals surface area contributed by atoms with Crippen molar-refractivity contribution in [1.29, 1.82) is 0 Å². The van der Waals surface area contributed by atoms with Gasteiger partial charge in [-0.05, 0) is 23.6 Å². The SMILES string of the molecule is c1ccc(C2c3[nH]c4ccccc4c3CCN2c2ncnc3[nH]cnc23)cc1. The maximum atomic E-state index is 4.62. The average molecular weight is 366 g/mol. The first-order valence-electron chi connectivity index (χ1n) is 9.45. The number of hydrogen-bond donors (Lipinski definition) is 2. The number of hydrogen-bond acceptors (Lipinski definition) is 4. The molecule has 4 heterocycles. The molecule has 28 heavy (non-hydrogen) atoms. The number of anilines is 1. The fourth-order valence-electron chi connectivity index (χ4n) is 4.41. The van der Waals surface area contributed by atoms with E-state index >= 15 is 0 Å². The van der Waals surface area contributed by atoms with Crippen molar-refractivity contribution in [3.8, 4) is 0 Å². The van der Waals surface area contributed by atoms with Crippen LogP contribution in [0.25, 0.3) is 22.1 Å². The molecule has 0 fully saturated rings. The maximum Gasteiger partial charge on any atom is 0.162 e. The number of imidazole rings is 1. The second kappa shape index (κ2) is 5.92. The van der Waals surface area contributed by atoms with Crippen molar-refractivity contribution in [1.82, 2.24) is 24.9 Å². The van der Waals surface area contributed by atoms with Gasteiger partial charge in [-0.3, -0.25) is 0 Å². The van der Waals surface area contributed by atoms with Crippen LogP contribution in [0.5, 0.6) is 0 Å². The summed E-state index contributed by atoms with van der Waals surface area (Å²) in [7, 11) is 0. The molecule has 6 rings (SSSR count). The summed E-state index contributed by atoms with van der Waals surface area (Å²) >= 11 is 0. The highest BCUT2D eigenvalue weighted by atomic mass is 15.2. The standard InChI is InChI=1S/C22H18N6/c1-2-6-14(7-3-1)20-18-16(15-8-4-5-9-17(15)27-18)10-11-28(20)22-19-21(24-12-23-19)25-13-26-22/h1-9,12-13,20,27H,10-11H2,(H,23,24,25,26). The first-order chi connectivity index (χ1) is 13.9. The van der Waals surface area contributed by atoms with E-state index in [1.165, 1.54) is 27.7 Å². The lowest BCUT2D eigenvalue weighted by molar-refractivity contribution is 0.637. The Morgan fingerprint density at radius 3 is 2.71 bits per heavy atom. The Morgan fingerprint density at radius 1 is 0.929 bits per heavy atom. The van der Waals surface area contributed by atoms with Crippen LogP contribution in [0.2, 0.25) is 0 Å². The normalized spacial score (nSPS) is 16.6. The molecule has 3 aromatic heterocycles. The molecule has 6 nitrogen and oxygen atoms in total. The average Bonchev–Trinajstić information content (AvgIpc) is 3.38. The van der Waals surface area contributed by atoms with E-state index in [9.17, 15) is 0 Å². The van der Waals surface area contributed by atoms with Crippen molar-refractivity contribution >= 4 is 27.9 Å². The van der Waals surface area contributed by atoms with Crippen molar-refractivity contribution in [2.45, 2.75) is 12.5 Å². The molecule has 0 spiro atoms. The largest absolute Gasteiger partial charge is 0.356 e. The van der Waals surface area contributed by atoms with Gasteiger partial charge in [-0.1, -0.05) is 48.5 Å². The maximum absolute atomic E-state index is 4.62. The van der Waals surface area contributed by atoms with Crippen LogP contribution in [-0.2, 0) is 6.42 Å². The van der Waals surface area contributed by atoms with E-state index in [1.54, 1.807) is 12.7 Å². The van der Waals surface area contributed by atoms with Gasteiger partial charge in [0.05, 0.1) is 12.4 Å². The van der Waals surface area contributed by atoms with Gasteiger partial charge < -0.3 is 14.9 Å². The lowest BCUT2D eigenvalue weighted by atomic mass is 9.92. The van der Waals surface area contributed by atoms with Crippen molar-refractivity contribution in [3.05, 3.63) is 84.1 Å². The quantitative estimate of drug-likeness (QED) is 0.495. The van der Waals surface area contributed by atoms with E-state index in [0.29, 0.717) is 0 Å². The number of benzene rings is 2. The highest BCUT2D eigenvalue weighted by Gasteiger charge is 2.33. The third-order valence-corrected chi connectivity index (χ3v) is 5.62. The van der Waals surface area contributed by atoms with Gasteiger partial charge in [0.2, 0.25) is 0 Å². The zero-order valence-corrected chi connectivity index (χ0v) is 15.1. The third-order valence-electron chi connectivity index (χ3n) is 5.62. The molecule has 1 aliphatic heterocycles. The minimum atomic E-state index is 0.0483. The van der Waals surface area contributed by atoms with E-state index in [1.807, 2.05) is 0 Å². The Labute approximate surface area is 161 Å². The Hall–Kier alpha value is -3.67. The first-order valence-corrected chi connectivity index (χ1v) is 9.45. The Bertz CT molecular complexity index is 1290. The summed E-state index contributed by atoms with van der Waals surface area (Å²) in [6.07, 6.45) is 4.25. The number of para-hydroxylation sites is 1. The fourth-order valence-corrected chi connectivity index (χ4v) is 4.41. The van der Waals surface area contributed by atoms with Crippen molar-refractivity contribution in [2.24, 2.45) is 0 Å². The number of aromatic nitrogens is 5. The summed E-state index contributed by atoms with van der Waals surface area (Å²) in [5, 5.41) is 1.31. The highest BCUT2D eigenvalue weighted by molar-refractivity contribution is 5.87. The first kappa shape index (κ1) is 15.4. The predicted octanol–water partition coefficient (Wildman–Crippen LogP) is 3.99. The number of aromatic amines is 2. The van der Waals surface area contributed by atoms with Gasteiger partial charge in [-0.15, -0.1) is 0 Å². The van der Waals surface area contributed by atoms with Crippen LogP contribution in [0.15, 0.2) is 67.3 Å². The molecule has 0 amide bonds. The molecule has 6 heteroatoms. The van der Waals surface area contributed by atoms with Crippen molar-refractivity contribution in [3.63, 3.8) is 0 Å². The zero-order chi connectivity index (χ0) is 18.5. The Balaban J connectivity index is 1.60. The topological polar surface area (TPSA) is 73.5 Å². The molecule has 0 bridgehead atoms. The smallest absolute Gasteiger partial charge is 0.162 e. The van der Waals surface area contributed by atoms with Crippen LogP contribution in [-0.4, -0.2) is 31.5 Å². The van der Waals surface area contributed by atoms with E-state index in [-0.39, 0.29) is 6.04 Å². The summed E-state index contributed by atoms with van der Waals surface area (Å²) in [5.41, 5.74) is 6.62. The van der Waals surface area contributed by atoms with Crippen LogP contribution in [0.1, 0.15) is 22.9 Å². The number of fused-ring (bicyclic) bond motifs is 4. The Morgan fingerprint density at radius 2 is 1.79 bits per heavy atom. The molecule has 0 radical (unpaired) electrons. The molecular formula is C22H18N6. The molecule has 0 aliphatic carbocycles. The number of nitrogens with zero attached hydrogens (tertiary/aromatic N) is 4. The van der Waals surface area contributed by atoms with E-state index in [0.717, 1.165) is 29.9 Å². The number of rotatable bonds is 2. The summed E-state index contributed by atoms with van der Waals surface area (Å²) in [6, 6.07) is 19.2. The van der Waals surface area contributed by atoms with Gasteiger partial charge in [0.1, 0.15) is 11.8 Å². The molecular weight excluding hydrogens is 348 g/mol. The van der Waals surface area contributed by atoms with Gasteiger partial charge in [-0.25, -0.2) is 15.0 Å². The molecule has 1 aliphatic rings. The van der Waals surface area contributed by atoms with Gasteiger partial charge in [0, 0.05) is 23.1 Å². The monoisotopic (exact) mass is 366 g/mol. The van der Waals surface area contributed by atoms with Gasteiger partial charge in [0.25, 0.3) is 0 Å². The third kappa shape index (κ3) is 2.18. The fraction of sp³-hybridized carbons (Fsp3) is 0.136. The molecule has 136 valence electrons. The molecule has 5 aromatic rings.